The minimum atomic E-state index is -1.44. The molecule has 5 unspecified atom stereocenters. The van der Waals surface area contributed by atoms with Crippen LogP contribution < -0.4 is 0 Å². The zero-order valence-electron chi connectivity index (χ0n) is 25.1. The molecule has 7 fully saturated rings. The predicted octanol–water partition coefficient (Wildman–Crippen LogP) is 2.20. The van der Waals surface area contributed by atoms with Gasteiger partial charge in [-0.3, -0.25) is 0 Å². The van der Waals surface area contributed by atoms with Gasteiger partial charge in [-0.15, -0.1) is 0 Å². The summed E-state index contributed by atoms with van der Waals surface area (Å²) in [4.78, 5) is 0. The van der Waals surface area contributed by atoms with E-state index in [2.05, 4.69) is 27.7 Å². The van der Waals surface area contributed by atoms with Gasteiger partial charge in [0.2, 0.25) is 0 Å². The van der Waals surface area contributed by atoms with Gasteiger partial charge in [0.1, 0.15) is 24.4 Å². The summed E-state index contributed by atoms with van der Waals surface area (Å²) in [5.41, 5.74) is -0.266. The molecule has 0 radical (unpaired) electrons. The third kappa shape index (κ3) is 4.13. The van der Waals surface area contributed by atoms with Crippen LogP contribution in [0.2, 0.25) is 0 Å². The number of ether oxygens (including phenoxy) is 4. The van der Waals surface area contributed by atoms with Crippen molar-refractivity contribution in [2.75, 3.05) is 13.2 Å². The maximum atomic E-state index is 11.4. The summed E-state index contributed by atoms with van der Waals surface area (Å²) in [6, 6.07) is 0. The lowest BCUT2D eigenvalue weighted by atomic mass is 9.43. The molecule has 9 nitrogen and oxygen atoms in total. The molecule has 9 heteroatoms. The molecule has 5 N–H and O–H groups in total. The monoisotopic (exact) mass is 580 g/mol. The molecule has 4 aliphatic carbocycles. The Hall–Kier alpha value is -0.360. The molecule has 1 spiro atoms. The van der Waals surface area contributed by atoms with Crippen LogP contribution >= 0.6 is 0 Å². The summed E-state index contributed by atoms with van der Waals surface area (Å²) in [5, 5.41) is 53.2. The van der Waals surface area contributed by atoms with Gasteiger partial charge in [-0.1, -0.05) is 27.7 Å². The smallest absolute Gasteiger partial charge is 0.186 e. The van der Waals surface area contributed by atoms with E-state index >= 15 is 0 Å². The highest BCUT2D eigenvalue weighted by Gasteiger charge is 2.70. The van der Waals surface area contributed by atoms with Crippen LogP contribution in [0.1, 0.15) is 79.1 Å². The lowest BCUT2D eigenvalue weighted by Crippen LogP contribution is -2.66. The van der Waals surface area contributed by atoms with E-state index in [9.17, 15) is 25.5 Å². The third-order valence-corrected chi connectivity index (χ3v) is 13.8. The van der Waals surface area contributed by atoms with Crippen molar-refractivity contribution in [2.24, 2.45) is 52.3 Å². The van der Waals surface area contributed by atoms with Crippen molar-refractivity contribution in [3.05, 3.63) is 0 Å². The summed E-state index contributed by atoms with van der Waals surface area (Å²) in [5.74, 6) is 2.40. The van der Waals surface area contributed by atoms with Crippen molar-refractivity contribution >= 4 is 0 Å². The molecule has 7 rings (SSSR count). The molecular formula is C32H52O9. The van der Waals surface area contributed by atoms with Gasteiger partial charge in [0.05, 0.1) is 31.5 Å². The molecule has 234 valence electrons. The Labute approximate surface area is 243 Å². The zero-order valence-corrected chi connectivity index (χ0v) is 25.1. The highest BCUT2D eigenvalue weighted by Crippen LogP contribution is 2.71. The summed E-state index contributed by atoms with van der Waals surface area (Å²) in [6.45, 7) is 9.96. The lowest BCUT2D eigenvalue weighted by Gasteiger charge is -2.64. The molecule has 3 aliphatic heterocycles. The third-order valence-electron chi connectivity index (χ3n) is 13.8. The number of aliphatic hydroxyl groups is 5. The van der Waals surface area contributed by atoms with Crippen LogP contribution in [-0.4, -0.2) is 93.6 Å². The molecular weight excluding hydrogens is 528 g/mol. The first kappa shape index (κ1) is 29.4. The Morgan fingerprint density at radius 2 is 1.56 bits per heavy atom. The molecule has 0 aromatic heterocycles. The Balaban J connectivity index is 1.15. The number of aliphatic hydroxyl groups excluding tert-OH is 5. The van der Waals surface area contributed by atoms with E-state index in [0.29, 0.717) is 36.0 Å². The topological polar surface area (TPSA) is 138 Å². The van der Waals surface area contributed by atoms with Crippen LogP contribution in [-0.2, 0) is 18.9 Å². The fourth-order valence-electron chi connectivity index (χ4n) is 11.6. The van der Waals surface area contributed by atoms with Crippen molar-refractivity contribution < 1.29 is 44.5 Å². The number of hydrogen-bond donors (Lipinski definition) is 5. The second-order valence-electron chi connectivity index (χ2n) is 15.6. The molecule has 41 heavy (non-hydrogen) atoms. The van der Waals surface area contributed by atoms with E-state index in [1.54, 1.807) is 0 Å². The number of fused-ring (bicyclic) bond motifs is 7. The minimum absolute atomic E-state index is 0.161. The molecule has 0 aromatic rings. The Kier molecular flexibility index (Phi) is 7.21. The van der Waals surface area contributed by atoms with Crippen LogP contribution in [0.15, 0.2) is 0 Å². The largest absolute Gasteiger partial charge is 0.390 e. The molecule has 3 heterocycles. The van der Waals surface area contributed by atoms with Gasteiger partial charge in [-0.25, -0.2) is 0 Å². The van der Waals surface area contributed by atoms with Gasteiger partial charge < -0.3 is 44.5 Å². The van der Waals surface area contributed by atoms with Crippen LogP contribution in [0.25, 0.3) is 0 Å². The molecule has 7 aliphatic rings. The molecule has 0 aromatic carbocycles. The van der Waals surface area contributed by atoms with E-state index < -0.39 is 54.1 Å². The highest BCUT2D eigenvalue weighted by atomic mass is 16.7. The van der Waals surface area contributed by atoms with Crippen molar-refractivity contribution in [2.45, 2.75) is 134 Å². The van der Waals surface area contributed by atoms with E-state index in [0.717, 1.165) is 51.6 Å². The predicted molar refractivity (Wildman–Crippen MR) is 147 cm³/mol. The zero-order chi connectivity index (χ0) is 29.1. The standard InChI is InChI=1S/C32H52O9/c1-15-7-10-32(39-13-15)16(2)24-23(41-32)12-20-18-6-5-17-11-21(33)26(36)28(31(17,4)19(18)8-9-30(20,24)3)40-29-27(37)25(35)22(34)14-38-29/h15-29,33-37H,5-14H2,1-4H3/t15?,16-,17?,18+,19-,20-,21?,22-,23-,24-,25-,26?,27+,28?,29-,30-,31-,32+/m0/s1. The Morgan fingerprint density at radius 1 is 0.780 bits per heavy atom. The van der Waals surface area contributed by atoms with Gasteiger partial charge in [-0.2, -0.15) is 0 Å². The molecule has 4 saturated carbocycles. The van der Waals surface area contributed by atoms with Gasteiger partial charge in [-0.05, 0) is 85.9 Å². The normalized spacial score (nSPS) is 62.1. The van der Waals surface area contributed by atoms with Crippen molar-refractivity contribution in [1.82, 2.24) is 0 Å². The first-order chi connectivity index (χ1) is 19.4. The fourth-order valence-corrected chi connectivity index (χ4v) is 11.6. The SMILES string of the molecule is CC1CC[C@@]2(OC1)O[C@H]1C[C@H]3[C@@H]4CCC5CC(O)C(O)C(O[C@@H]6OC[C@H](O)[C@H](O)[C@H]6O)[C@]5(C)[C@H]4CC[C@]3(C)[C@H]1[C@@H]2C. The fraction of sp³-hybridized carbons (Fsp3) is 1.00. The summed E-state index contributed by atoms with van der Waals surface area (Å²) < 4.78 is 25.4. The van der Waals surface area contributed by atoms with Gasteiger partial charge in [0.15, 0.2) is 12.1 Å². The average molecular weight is 581 g/mol. The first-order valence-corrected chi connectivity index (χ1v) is 16.4. The van der Waals surface area contributed by atoms with E-state index in [4.69, 9.17) is 18.9 Å². The number of hydrogen-bond acceptors (Lipinski definition) is 9. The van der Waals surface area contributed by atoms with Gasteiger partial charge in [0, 0.05) is 17.8 Å². The van der Waals surface area contributed by atoms with Gasteiger partial charge in [0.25, 0.3) is 0 Å². The summed E-state index contributed by atoms with van der Waals surface area (Å²) >= 11 is 0. The molecule has 0 bridgehead atoms. The van der Waals surface area contributed by atoms with Crippen LogP contribution in [0.5, 0.6) is 0 Å². The second kappa shape index (κ2) is 10.1. The van der Waals surface area contributed by atoms with Crippen LogP contribution in [0, 0.1) is 52.3 Å². The minimum Gasteiger partial charge on any atom is -0.390 e. The van der Waals surface area contributed by atoms with Crippen molar-refractivity contribution in [3.8, 4) is 0 Å². The maximum Gasteiger partial charge on any atom is 0.186 e. The van der Waals surface area contributed by atoms with Crippen molar-refractivity contribution in [1.29, 1.82) is 0 Å². The number of rotatable bonds is 2. The van der Waals surface area contributed by atoms with E-state index in [1.807, 2.05) is 0 Å². The van der Waals surface area contributed by atoms with Gasteiger partial charge >= 0.3 is 0 Å². The van der Waals surface area contributed by atoms with Crippen LogP contribution in [0.3, 0.4) is 0 Å². The maximum absolute atomic E-state index is 11.4. The van der Waals surface area contributed by atoms with E-state index in [-0.39, 0.29) is 30.0 Å². The molecule has 0 amide bonds. The van der Waals surface area contributed by atoms with E-state index in [1.165, 1.54) is 0 Å². The Bertz CT molecular complexity index is 986. The first-order valence-electron chi connectivity index (χ1n) is 16.4. The highest BCUT2D eigenvalue weighted by molar-refractivity contribution is 5.17. The van der Waals surface area contributed by atoms with Crippen molar-refractivity contribution in [3.63, 3.8) is 0 Å². The molecule has 18 atom stereocenters. The quantitative estimate of drug-likeness (QED) is 0.333. The lowest BCUT2D eigenvalue weighted by molar-refractivity contribution is -0.328. The average Bonchev–Trinajstić information content (AvgIpc) is 3.39. The Morgan fingerprint density at radius 3 is 2.29 bits per heavy atom. The summed E-state index contributed by atoms with van der Waals surface area (Å²) in [6.07, 6.45) is 0.0615. The second-order valence-corrected chi connectivity index (χ2v) is 15.6. The summed E-state index contributed by atoms with van der Waals surface area (Å²) in [7, 11) is 0. The molecule has 3 saturated heterocycles. The van der Waals surface area contributed by atoms with Crippen LogP contribution in [0.4, 0.5) is 0 Å².